The first-order valence-corrected chi connectivity index (χ1v) is 7.65. The Morgan fingerprint density at radius 2 is 2.05 bits per heavy atom. The minimum absolute atomic E-state index is 0.370. The Morgan fingerprint density at radius 3 is 2.81 bits per heavy atom. The Labute approximate surface area is 123 Å². The molecule has 1 unspecified atom stereocenters. The third-order valence-corrected chi connectivity index (χ3v) is 4.37. The second kappa shape index (κ2) is 6.03. The van der Waals surface area contributed by atoms with E-state index in [2.05, 4.69) is 4.90 Å². The molecule has 0 aliphatic carbocycles. The predicted octanol–water partition coefficient (Wildman–Crippen LogP) is 2.04. The van der Waals surface area contributed by atoms with Crippen molar-refractivity contribution >= 4 is 11.1 Å². The van der Waals surface area contributed by atoms with Crippen molar-refractivity contribution in [2.24, 2.45) is 7.05 Å². The van der Waals surface area contributed by atoms with Crippen molar-refractivity contribution in [1.82, 2.24) is 9.47 Å². The molecule has 1 saturated heterocycles. The van der Waals surface area contributed by atoms with Crippen molar-refractivity contribution in [3.8, 4) is 0 Å². The lowest BCUT2D eigenvalue weighted by molar-refractivity contribution is 0.134. The van der Waals surface area contributed by atoms with Gasteiger partial charge in [0.1, 0.15) is 0 Å². The molecule has 1 aliphatic rings. The number of aromatic nitrogens is 1. The molecule has 1 aliphatic heterocycles. The molecule has 21 heavy (non-hydrogen) atoms. The molecule has 1 fully saturated rings. The summed E-state index contributed by atoms with van der Waals surface area (Å²) in [5.41, 5.74) is 2.11. The molecule has 0 spiro atoms. The van der Waals surface area contributed by atoms with Gasteiger partial charge in [0.2, 0.25) is 0 Å². The molecule has 1 N–H and O–H groups in total. The maximum Gasteiger partial charge on any atom is 0.419 e. The third-order valence-electron chi connectivity index (χ3n) is 4.37. The standard InChI is InChI=1S/C16H22N2O3/c1-17-13-6-5-12(11-15(13)21-16(17)20)14(19)7-10-18-8-3-2-4-9-18/h5-6,11,14,19H,2-4,7-10H2,1H3. The molecular formula is C16H22N2O3. The van der Waals surface area contributed by atoms with E-state index >= 15 is 0 Å². The second-order valence-electron chi connectivity index (χ2n) is 5.86. The summed E-state index contributed by atoms with van der Waals surface area (Å²) >= 11 is 0. The van der Waals surface area contributed by atoms with Crippen LogP contribution >= 0.6 is 0 Å². The number of piperidine rings is 1. The lowest BCUT2D eigenvalue weighted by atomic mass is 10.0. The number of oxazole rings is 1. The molecule has 0 bridgehead atoms. The number of hydrogen-bond acceptors (Lipinski definition) is 4. The SMILES string of the molecule is Cn1c(=O)oc2cc(C(O)CCN3CCCCC3)ccc21. The van der Waals surface area contributed by atoms with Gasteiger partial charge < -0.3 is 14.4 Å². The summed E-state index contributed by atoms with van der Waals surface area (Å²) in [4.78, 5) is 13.9. The Bertz CT molecular complexity index is 668. The van der Waals surface area contributed by atoms with Crippen LogP contribution in [0.25, 0.3) is 11.1 Å². The minimum Gasteiger partial charge on any atom is -0.408 e. The monoisotopic (exact) mass is 290 g/mol. The zero-order valence-corrected chi connectivity index (χ0v) is 12.4. The molecule has 0 amide bonds. The topological polar surface area (TPSA) is 58.6 Å². The zero-order chi connectivity index (χ0) is 14.8. The van der Waals surface area contributed by atoms with E-state index in [1.807, 2.05) is 12.1 Å². The van der Waals surface area contributed by atoms with E-state index in [1.165, 1.54) is 23.8 Å². The zero-order valence-electron chi connectivity index (χ0n) is 12.4. The molecule has 0 radical (unpaired) electrons. The van der Waals surface area contributed by atoms with Crippen molar-refractivity contribution in [2.75, 3.05) is 19.6 Å². The van der Waals surface area contributed by atoms with Crippen molar-refractivity contribution < 1.29 is 9.52 Å². The van der Waals surface area contributed by atoms with Crippen LogP contribution in [0.15, 0.2) is 27.4 Å². The summed E-state index contributed by atoms with van der Waals surface area (Å²) in [5, 5.41) is 10.3. The second-order valence-corrected chi connectivity index (χ2v) is 5.86. The Morgan fingerprint density at radius 1 is 1.29 bits per heavy atom. The van der Waals surface area contributed by atoms with Crippen LogP contribution in [0.1, 0.15) is 37.4 Å². The largest absolute Gasteiger partial charge is 0.419 e. The van der Waals surface area contributed by atoms with Gasteiger partial charge in [0.05, 0.1) is 11.6 Å². The van der Waals surface area contributed by atoms with Gasteiger partial charge in [-0.3, -0.25) is 4.57 Å². The molecule has 2 heterocycles. The molecular weight excluding hydrogens is 268 g/mol. The molecule has 5 nitrogen and oxygen atoms in total. The van der Waals surface area contributed by atoms with Gasteiger partial charge in [-0.1, -0.05) is 12.5 Å². The first-order chi connectivity index (χ1) is 10.1. The molecule has 1 atom stereocenters. The highest BCUT2D eigenvalue weighted by molar-refractivity contribution is 5.73. The van der Waals surface area contributed by atoms with Gasteiger partial charge in [-0.15, -0.1) is 0 Å². The van der Waals surface area contributed by atoms with E-state index < -0.39 is 6.10 Å². The van der Waals surface area contributed by atoms with Gasteiger partial charge in [0.15, 0.2) is 5.58 Å². The maximum atomic E-state index is 11.5. The number of fused-ring (bicyclic) bond motifs is 1. The summed E-state index contributed by atoms with van der Waals surface area (Å²) in [7, 11) is 1.68. The lowest BCUT2D eigenvalue weighted by Crippen LogP contribution is -2.31. The van der Waals surface area contributed by atoms with E-state index in [1.54, 1.807) is 13.1 Å². The fourth-order valence-corrected chi connectivity index (χ4v) is 3.01. The van der Waals surface area contributed by atoms with Gasteiger partial charge in [0, 0.05) is 13.6 Å². The smallest absolute Gasteiger partial charge is 0.408 e. The Kier molecular flexibility index (Phi) is 4.12. The van der Waals surface area contributed by atoms with Gasteiger partial charge in [-0.05, 0) is 50.0 Å². The van der Waals surface area contributed by atoms with E-state index in [9.17, 15) is 9.90 Å². The highest BCUT2D eigenvalue weighted by atomic mass is 16.4. The number of likely N-dealkylation sites (tertiary alicyclic amines) is 1. The highest BCUT2D eigenvalue weighted by Crippen LogP contribution is 2.22. The Hall–Kier alpha value is -1.59. The number of aryl methyl sites for hydroxylation is 1. The van der Waals surface area contributed by atoms with E-state index in [0.717, 1.165) is 30.7 Å². The summed E-state index contributed by atoms with van der Waals surface area (Å²) in [5.74, 6) is -0.370. The molecule has 0 saturated carbocycles. The van der Waals surface area contributed by atoms with Gasteiger partial charge >= 0.3 is 5.76 Å². The number of hydrogen-bond donors (Lipinski definition) is 1. The van der Waals surface area contributed by atoms with Crippen molar-refractivity contribution in [1.29, 1.82) is 0 Å². The van der Waals surface area contributed by atoms with Crippen LogP contribution in [-0.2, 0) is 7.05 Å². The first-order valence-electron chi connectivity index (χ1n) is 7.65. The number of benzene rings is 1. The number of aliphatic hydroxyl groups is 1. The molecule has 2 aromatic rings. The summed E-state index contributed by atoms with van der Waals surface area (Å²) < 4.78 is 6.64. The molecule has 1 aromatic carbocycles. The third kappa shape index (κ3) is 3.04. The van der Waals surface area contributed by atoms with E-state index in [0.29, 0.717) is 12.0 Å². The van der Waals surface area contributed by atoms with E-state index in [4.69, 9.17) is 4.42 Å². The fourth-order valence-electron chi connectivity index (χ4n) is 3.01. The van der Waals surface area contributed by atoms with Crippen molar-refractivity contribution in [2.45, 2.75) is 31.8 Å². The summed E-state index contributed by atoms with van der Waals surface area (Å²) in [6.07, 6.45) is 4.04. The van der Waals surface area contributed by atoms with Crippen LogP contribution in [0, 0.1) is 0 Å². The van der Waals surface area contributed by atoms with Crippen LogP contribution in [0.2, 0.25) is 0 Å². The van der Waals surface area contributed by atoms with Crippen molar-refractivity contribution in [3.05, 3.63) is 34.3 Å². The van der Waals surface area contributed by atoms with E-state index in [-0.39, 0.29) is 5.76 Å². The minimum atomic E-state index is -0.512. The van der Waals surface area contributed by atoms with Crippen LogP contribution in [0.3, 0.4) is 0 Å². The van der Waals surface area contributed by atoms with Crippen LogP contribution in [0.5, 0.6) is 0 Å². The summed E-state index contributed by atoms with van der Waals surface area (Å²) in [6.45, 7) is 3.19. The number of aliphatic hydroxyl groups excluding tert-OH is 1. The first kappa shape index (κ1) is 14.4. The molecule has 114 valence electrons. The number of nitrogens with zero attached hydrogens (tertiary/aromatic N) is 2. The predicted molar refractivity (Wildman–Crippen MR) is 81.3 cm³/mol. The van der Waals surface area contributed by atoms with Gasteiger partial charge in [-0.25, -0.2) is 4.79 Å². The average Bonchev–Trinajstić information content (AvgIpc) is 2.80. The highest BCUT2D eigenvalue weighted by Gasteiger charge is 2.15. The van der Waals surface area contributed by atoms with Gasteiger partial charge in [-0.2, -0.15) is 0 Å². The van der Waals surface area contributed by atoms with Crippen molar-refractivity contribution in [3.63, 3.8) is 0 Å². The molecule has 5 heteroatoms. The lowest BCUT2D eigenvalue weighted by Gasteiger charge is -2.27. The molecule has 1 aromatic heterocycles. The molecule has 3 rings (SSSR count). The Balaban J connectivity index is 1.69. The van der Waals surface area contributed by atoms with Crippen LogP contribution in [-0.4, -0.2) is 34.2 Å². The maximum absolute atomic E-state index is 11.5. The average molecular weight is 290 g/mol. The van der Waals surface area contributed by atoms with Crippen LogP contribution < -0.4 is 5.76 Å². The number of rotatable bonds is 4. The van der Waals surface area contributed by atoms with Gasteiger partial charge in [0.25, 0.3) is 0 Å². The summed E-state index contributed by atoms with van der Waals surface area (Å²) in [6, 6.07) is 5.48. The normalized spacial score (nSPS) is 18.2. The van der Waals surface area contributed by atoms with Crippen LogP contribution in [0.4, 0.5) is 0 Å². The fraction of sp³-hybridized carbons (Fsp3) is 0.562. The quantitative estimate of drug-likeness (QED) is 0.936.